The fourth-order valence-electron chi connectivity index (χ4n) is 2.57. The number of aliphatic carboxylic acids is 1. The van der Waals surface area contributed by atoms with Crippen molar-refractivity contribution in [2.45, 2.75) is 11.7 Å². The van der Waals surface area contributed by atoms with E-state index in [1.54, 1.807) is 24.3 Å². The third-order valence-electron chi connectivity index (χ3n) is 4.07. The maximum Gasteiger partial charge on any atom is 0.317 e. The van der Waals surface area contributed by atoms with E-state index >= 15 is 0 Å². The smallest absolute Gasteiger partial charge is 0.317 e. The maximum absolute atomic E-state index is 12.6. The summed E-state index contributed by atoms with van der Waals surface area (Å²) in [4.78, 5) is 43.9. The minimum atomic E-state index is -1.08. The van der Waals surface area contributed by atoms with E-state index in [0.29, 0.717) is 16.5 Å². The van der Waals surface area contributed by atoms with Crippen molar-refractivity contribution in [3.63, 3.8) is 0 Å². The molecule has 0 saturated carbocycles. The van der Waals surface area contributed by atoms with Gasteiger partial charge in [0.25, 0.3) is 5.69 Å². The molecule has 3 rings (SSSR count). The molecule has 1 aromatic heterocycles. The van der Waals surface area contributed by atoms with Crippen LogP contribution in [-0.4, -0.2) is 55.3 Å². The molecule has 2 heterocycles. The number of nitrogens with one attached hydrogen (secondary N) is 1. The zero-order valence-corrected chi connectivity index (χ0v) is 17.0. The zero-order valence-electron chi connectivity index (χ0n) is 15.4. The topological polar surface area (TPSA) is 138 Å². The Kier molecular flexibility index (Phi) is 6.85. The van der Waals surface area contributed by atoms with Gasteiger partial charge in [0.15, 0.2) is 5.17 Å². The summed E-state index contributed by atoms with van der Waals surface area (Å²) in [5.74, 6) is -1.02. The molecule has 12 heteroatoms. The second-order valence-corrected chi connectivity index (χ2v) is 7.76. The molecule has 1 fully saturated rings. The number of halogens is 1. The highest BCUT2D eigenvalue weighted by atomic mass is 35.5. The van der Waals surface area contributed by atoms with E-state index in [0.717, 1.165) is 18.0 Å². The molecule has 1 atom stereocenters. The number of pyridine rings is 1. The Morgan fingerprint density at radius 3 is 2.70 bits per heavy atom. The van der Waals surface area contributed by atoms with Gasteiger partial charge in [0.1, 0.15) is 17.3 Å². The number of benzene rings is 1. The maximum atomic E-state index is 12.6. The summed E-state index contributed by atoms with van der Waals surface area (Å²) in [6.07, 6.45) is 0.991. The average Bonchev–Trinajstić information content (AvgIpc) is 2.71. The average molecular weight is 450 g/mol. The van der Waals surface area contributed by atoms with E-state index in [-0.39, 0.29) is 36.3 Å². The van der Waals surface area contributed by atoms with Crippen molar-refractivity contribution in [2.24, 2.45) is 4.99 Å². The van der Waals surface area contributed by atoms with Gasteiger partial charge in [-0.3, -0.25) is 24.6 Å². The first-order chi connectivity index (χ1) is 14.3. The Balaban J connectivity index is 1.72. The number of hydrogen-bond donors (Lipinski definition) is 2. The van der Waals surface area contributed by atoms with Crippen LogP contribution >= 0.6 is 23.4 Å². The van der Waals surface area contributed by atoms with Crippen molar-refractivity contribution in [2.75, 3.05) is 18.4 Å². The van der Waals surface area contributed by atoms with Crippen LogP contribution in [0.15, 0.2) is 47.6 Å². The Morgan fingerprint density at radius 2 is 2.10 bits per heavy atom. The van der Waals surface area contributed by atoms with E-state index in [4.69, 9.17) is 11.6 Å². The van der Waals surface area contributed by atoms with Crippen molar-refractivity contribution < 1.29 is 19.6 Å². The van der Waals surface area contributed by atoms with Gasteiger partial charge in [0.2, 0.25) is 5.91 Å². The number of carboxylic acid groups (broad SMARTS) is 1. The summed E-state index contributed by atoms with van der Waals surface area (Å²) in [5.41, 5.74) is 0.413. The second kappa shape index (κ2) is 9.55. The standard InChI is InChI=1S/C18H16ClN5O5S/c19-11-1-3-12(4-2-11)22-18-23(16(25)9-14(30-18)17(26)27)8-7-20-15-6-5-13(10-21-15)24(28)29/h1-6,10,14H,7-9H2,(H,20,21)(H,26,27). The highest BCUT2D eigenvalue weighted by Gasteiger charge is 2.35. The number of amidine groups is 1. The molecule has 1 unspecified atom stereocenters. The van der Waals surface area contributed by atoms with Gasteiger partial charge in [-0.05, 0) is 30.3 Å². The van der Waals surface area contributed by atoms with Crippen LogP contribution < -0.4 is 5.32 Å². The van der Waals surface area contributed by atoms with Gasteiger partial charge in [-0.15, -0.1) is 0 Å². The normalized spacial score (nSPS) is 17.8. The van der Waals surface area contributed by atoms with Crippen LogP contribution in [0.2, 0.25) is 5.02 Å². The minimum absolute atomic E-state index is 0.125. The highest BCUT2D eigenvalue weighted by molar-refractivity contribution is 8.15. The minimum Gasteiger partial charge on any atom is -0.480 e. The van der Waals surface area contributed by atoms with E-state index in [1.165, 1.54) is 17.0 Å². The number of carboxylic acids is 1. The number of carbonyl (C=O) groups excluding carboxylic acids is 1. The number of thioether (sulfide) groups is 1. The number of aliphatic imine (C=N–C) groups is 1. The van der Waals surface area contributed by atoms with E-state index in [9.17, 15) is 24.8 Å². The molecule has 2 N–H and O–H groups in total. The van der Waals surface area contributed by atoms with Crippen LogP contribution in [0.3, 0.4) is 0 Å². The molecule has 0 radical (unpaired) electrons. The zero-order chi connectivity index (χ0) is 21.7. The third-order valence-corrected chi connectivity index (χ3v) is 5.49. The van der Waals surface area contributed by atoms with Crippen LogP contribution in [0, 0.1) is 10.1 Å². The van der Waals surface area contributed by atoms with Crippen LogP contribution in [0.1, 0.15) is 6.42 Å². The monoisotopic (exact) mass is 449 g/mol. The molecular weight excluding hydrogens is 434 g/mol. The van der Waals surface area contributed by atoms with E-state index in [1.807, 2.05) is 0 Å². The molecular formula is C18H16ClN5O5S. The third kappa shape index (κ3) is 5.45. The quantitative estimate of drug-likeness (QED) is 0.485. The number of rotatable bonds is 7. The number of nitrogens with zero attached hydrogens (tertiary/aromatic N) is 4. The number of carbonyl (C=O) groups is 2. The van der Waals surface area contributed by atoms with E-state index in [2.05, 4.69) is 15.3 Å². The van der Waals surface area contributed by atoms with Crippen molar-refractivity contribution in [3.05, 3.63) is 57.7 Å². The van der Waals surface area contributed by atoms with Crippen molar-refractivity contribution in [1.82, 2.24) is 9.88 Å². The second-order valence-electron chi connectivity index (χ2n) is 6.15. The van der Waals surface area contributed by atoms with Gasteiger partial charge >= 0.3 is 5.97 Å². The van der Waals surface area contributed by atoms with Crippen molar-refractivity contribution in [3.8, 4) is 0 Å². The van der Waals surface area contributed by atoms with Gasteiger partial charge in [-0.2, -0.15) is 0 Å². The molecule has 1 aliphatic rings. The molecule has 30 heavy (non-hydrogen) atoms. The molecule has 1 aliphatic heterocycles. The Bertz CT molecular complexity index is 983. The summed E-state index contributed by atoms with van der Waals surface area (Å²) < 4.78 is 0. The fraction of sp³-hybridized carbons (Fsp3) is 0.222. The van der Waals surface area contributed by atoms with Crippen LogP contribution in [0.25, 0.3) is 0 Å². The molecule has 0 spiro atoms. The number of hydrogen-bond acceptors (Lipinski definition) is 8. The summed E-state index contributed by atoms with van der Waals surface area (Å²) in [6.45, 7) is 0.498. The van der Waals surface area contributed by atoms with Gasteiger partial charge in [-0.1, -0.05) is 23.4 Å². The van der Waals surface area contributed by atoms with E-state index < -0.39 is 16.1 Å². The first-order valence-electron chi connectivity index (χ1n) is 8.72. The van der Waals surface area contributed by atoms with Gasteiger partial charge in [0.05, 0.1) is 17.0 Å². The Hall–Kier alpha value is -3.18. The number of amides is 1. The lowest BCUT2D eigenvalue weighted by Crippen LogP contribution is -2.45. The molecule has 10 nitrogen and oxygen atoms in total. The molecule has 0 bridgehead atoms. The Labute approximate surface area is 180 Å². The fourth-order valence-corrected chi connectivity index (χ4v) is 3.76. The molecule has 1 saturated heterocycles. The number of anilines is 1. The highest BCUT2D eigenvalue weighted by Crippen LogP contribution is 2.29. The molecule has 2 aromatic rings. The molecule has 1 amide bonds. The van der Waals surface area contributed by atoms with Gasteiger partial charge in [0, 0.05) is 24.2 Å². The van der Waals surface area contributed by atoms with Crippen LogP contribution in [0.4, 0.5) is 17.2 Å². The summed E-state index contributed by atoms with van der Waals surface area (Å²) in [6, 6.07) is 9.42. The lowest BCUT2D eigenvalue weighted by molar-refractivity contribution is -0.385. The molecule has 1 aromatic carbocycles. The molecule has 156 valence electrons. The van der Waals surface area contributed by atoms with Crippen molar-refractivity contribution in [1.29, 1.82) is 0 Å². The summed E-state index contributed by atoms with van der Waals surface area (Å²) >= 11 is 6.88. The number of nitro groups is 1. The Morgan fingerprint density at radius 1 is 1.37 bits per heavy atom. The first-order valence-corrected chi connectivity index (χ1v) is 9.97. The lowest BCUT2D eigenvalue weighted by atomic mass is 10.2. The predicted molar refractivity (Wildman–Crippen MR) is 113 cm³/mol. The lowest BCUT2D eigenvalue weighted by Gasteiger charge is -2.30. The SMILES string of the molecule is O=C(O)C1CC(=O)N(CCNc2ccc([N+](=O)[O-])cn2)C(=Nc2ccc(Cl)cc2)S1. The largest absolute Gasteiger partial charge is 0.480 e. The molecule has 0 aliphatic carbocycles. The van der Waals surface area contributed by atoms with Gasteiger partial charge in [-0.25, -0.2) is 9.98 Å². The van der Waals surface area contributed by atoms with Gasteiger partial charge < -0.3 is 10.4 Å². The predicted octanol–water partition coefficient (Wildman–Crippen LogP) is 3.16. The van der Waals surface area contributed by atoms with Crippen LogP contribution in [-0.2, 0) is 9.59 Å². The van der Waals surface area contributed by atoms with Crippen LogP contribution in [0.5, 0.6) is 0 Å². The summed E-state index contributed by atoms with van der Waals surface area (Å²) in [7, 11) is 0. The van der Waals surface area contributed by atoms with Crippen molar-refractivity contribution >= 4 is 57.6 Å². The number of aromatic nitrogens is 1. The summed E-state index contributed by atoms with van der Waals surface area (Å²) in [5, 5.41) is 22.9. The first kappa shape index (κ1) is 21.5.